The monoisotopic (exact) mass is 465 g/mol. The number of ether oxygens (including phenoxy) is 1. The van der Waals surface area contributed by atoms with E-state index in [4.69, 9.17) is 4.74 Å². The van der Waals surface area contributed by atoms with Crippen LogP contribution in [-0.2, 0) is 12.8 Å². The number of phenolic OH excluding ortho intramolecular Hbond substituents is 3. The first-order chi connectivity index (χ1) is 16.2. The van der Waals surface area contributed by atoms with Crippen molar-refractivity contribution in [2.75, 3.05) is 20.8 Å². The van der Waals surface area contributed by atoms with E-state index in [0.717, 1.165) is 16.7 Å². The molecule has 0 unspecified atom stereocenters. The summed E-state index contributed by atoms with van der Waals surface area (Å²) in [5, 5.41) is 53.8. The molecule has 180 valence electrons. The van der Waals surface area contributed by atoms with Gasteiger partial charge >= 0.3 is 0 Å². The molecule has 0 radical (unpaired) electrons. The van der Waals surface area contributed by atoms with Gasteiger partial charge in [0.2, 0.25) is 0 Å². The number of benzene rings is 2. The van der Waals surface area contributed by atoms with Gasteiger partial charge in [-0.05, 0) is 62.9 Å². The van der Waals surface area contributed by atoms with Crippen LogP contribution < -0.4 is 4.74 Å². The lowest BCUT2D eigenvalue weighted by molar-refractivity contribution is -0.0822. The number of phenols is 3. The Morgan fingerprint density at radius 1 is 1.03 bits per heavy atom. The second-order valence-corrected chi connectivity index (χ2v) is 9.86. The molecule has 0 spiro atoms. The Kier molecular flexibility index (Phi) is 5.21. The van der Waals surface area contributed by atoms with Crippen LogP contribution in [0.2, 0.25) is 0 Å². The summed E-state index contributed by atoms with van der Waals surface area (Å²) < 4.78 is 5.51. The van der Waals surface area contributed by atoms with Crippen molar-refractivity contribution < 1.29 is 25.2 Å². The summed E-state index contributed by atoms with van der Waals surface area (Å²) in [6.07, 6.45) is 0.991. The normalized spacial score (nSPS) is 28.0. The molecule has 3 aliphatic heterocycles. The van der Waals surface area contributed by atoms with Gasteiger partial charge in [0.25, 0.3) is 0 Å². The average molecular weight is 466 g/mol. The van der Waals surface area contributed by atoms with Crippen LogP contribution in [0.3, 0.4) is 0 Å². The minimum atomic E-state index is -0.564. The number of aliphatic hydroxyl groups excluding tert-OH is 1. The number of methoxy groups -OCH3 is 1. The first-order valence-electron chi connectivity index (χ1n) is 11.6. The molecule has 5 atom stereocenters. The van der Waals surface area contributed by atoms with Crippen LogP contribution in [0.25, 0.3) is 0 Å². The first kappa shape index (κ1) is 22.8. The highest BCUT2D eigenvalue weighted by molar-refractivity contribution is 5.62. The Hall–Kier alpha value is -2.99. The predicted molar refractivity (Wildman–Crippen MR) is 125 cm³/mol. The molecule has 34 heavy (non-hydrogen) atoms. The zero-order valence-corrected chi connectivity index (χ0v) is 20.1. The zero-order valence-electron chi connectivity index (χ0n) is 20.1. The second-order valence-electron chi connectivity index (χ2n) is 9.86. The van der Waals surface area contributed by atoms with Gasteiger partial charge in [0, 0.05) is 28.8 Å². The van der Waals surface area contributed by atoms with E-state index in [2.05, 4.69) is 11.0 Å². The molecule has 0 aromatic heterocycles. The number of nitrogens with zero attached hydrogens (tertiary/aromatic N) is 3. The van der Waals surface area contributed by atoms with Gasteiger partial charge < -0.3 is 25.2 Å². The zero-order chi connectivity index (χ0) is 24.6. The lowest BCUT2D eigenvalue weighted by Gasteiger charge is -2.60. The lowest BCUT2D eigenvalue weighted by Crippen LogP contribution is -2.68. The first-order valence-corrected chi connectivity index (χ1v) is 11.6. The van der Waals surface area contributed by atoms with Crippen LogP contribution >= 0.6 is 0 Å². The molecule has 8 heteroatoms. The Balaban J connectivity index is 1.79. The van der Waals surface area contributed by atoms with E-state index in [9.17, 15) is 25.7 Å². The summed E-state index contributed by atoms with van der Waals surface area (Å²) >= 11 is 0. The number of likely N-dealkylation sites (N-methyl/N-ethyl adjacent to an activating group) is 1. The minimum Gasteiger partial charge on any atom is -0.507 e. The van der Waals surface area contributed by atoms with Crippen LogP contribution in [0.5, 0.6) is 23.0 Å². The third-order valence-corrected chi connectivity index (χ3v) is 8.38. The minimum absolute atomic E-state index is 0.0131. The number of aryl methyl sites for hydroxylation is 1. The van der Waals surface area contributed by atoms with E-state index in [1.807, 2.05) is 24.9 Å². The van der Waals surface area contributed by atoms with E-state index in [1.165, 1.54) is 7.11 Å². The predicted octanol–water partition coefficient (Wildman–Crippen LogP) is 2.50. The molecule has 3 aliphatic rings. The second kappa shape index (κ2) is 7.77. The van der Waals surface area contributed by atoms with Gasteiger partial charge in [-0.1, -0.05) is 6.07 Å². The van der Waals surface area contributed by atoms with Crippen LogP contribution in [0, 0.1) is 32.1 Å². The molecule has 2 aromatic carbocycles. The molecule has 3 heterocycles. The SMILES string of the molecule is COc1c(C)cc2c(c1O)[C@@H]1[C@@H]3Cc4c(O)c(C)c(O)c(C)c4[C@H](CO)N3[C@@H](C#N)[C@@H](C2)N1C. The molecule has 8 nitrogen and oxygen atoms in total. The number of nitriles is 1. The molecule has 0 saturated carbocycles. The van der Waals surface area contributed by atoms with Crippen molar-refractivity contribution in [3.8, 4) is 29.1 Å². The number of aromatic hydroxyl groups is 3. The van der Waals surface area contributed by atoms with Crippen LogP contribution in [0.1, 0.15) is 51.0 Å². The van der Waals surface area contributed by atoms with E-state index in [-0.39, 0.29) is 42.0 Å². The maximum absolute atomic E-state index is 11.3. The maximum Gasteiger partial charge on any atom is 0.163 e. The number of piperazine rings is 1. The van der Waals surface area contributed by atoms with Crippen LogP contribution in [0.4, 0.5) is 0 Å². The van der Waals surface area contributed by atoms with Crippen molar-refractivity contribution in [3.05, 3.63) is 45.0 Å². The molecule has 1 saturated heterocycles. The van der Waals surface area contributed by atoms with Crippen molar-refractivity contribution >= 4 is 0 Å². The number of hydrogen-bond donors (Lipinski definition) is 4. The Bertz CT molecular complexity index is 1240. The molecule has 0 aliphatic carbocycles. The largest absolute Gasteiger partial charge is 0.507 e. The Morgan fingerprint density at radius 3 is 2.35 bits per heavy atom. The van der Waals surface area contributed by atoms with E-state index < -0.39 is 12.1 Å². The number of fused-ring (bicyclic) bond motifs is 7. The molecule has 1 fully saturated rings. The standard InChI is InChI=1S/C26H31N3O5/c1-11-6-14-7-16-18(9-27)29-17(22(28(16)4)21(14)25(33)26(11)34-5)8-15-20(19(29)10-30)12(2)23(31)13(3)24(15)32/h6,16-19,22,30-33H,7-8,10H2,1-5H3/t16-,17+,18+,19+,22+/m1/s1. The summed E-state index contributed by atoms with van der Waals surface area (Å²) in [5.74, 6) is 0.584. The molecular formula is C26H31N3O5. The quantitative estimate of drug-likeness (QED) is 0.534. The van der Waals surface area contributed by atoms with Crippen LogP contribution in [-0.4, -0.2) is 69.1 Å². The molecule has 2 aromatic rings. The van der Waals surface area contributed by atoms with Crippen molar-refractivity contribution in [3.63, 3.8) is 0 Å². The van der Waals surface area contributed by atoms with Crippen molar-refractivity contribution in [1.82, 2.24) is 9.80 Å². The van der Waals surface area contributed by atoms with E-state index >= 15 is 0 Å². The summed E-state index contributed by atoms with van der Waals surface area (Å²) in [5.41, 5.74) is 5.01. The number of aliphatic hydroxyl groups is 1. The number of rotatable bonds is 2. The Labute approximate surface area is 199 Å². The molecule has 4 N–H and O–H groups in total. The highest BCUT2D eigenvalue weighted by Crippen LogP contribution is 2.55. The Morgan fingerprint density at radius 2 is 1.74 bits per heavy atom. The fraction of sp³-hybridized carbons (Fsp3) is 0.500. The molecule has 5 rings (SSSR count). The summed E-state index contributed by atoms with van der Waals surface area (Å²) in [4.78, 5) is 4.20. The van der Waals surface area contributed by atoms with Gasteiger partial charge in [0.05, 0.1) is 31.9 Å². The van der Waals surface area contributed by atoms with Gasteiger partial charge in [-0.25, -0.2) is 0 Å². The summed E-state index contributed by atoms with van der Waals surface area (Å²) in [6.45, 7) is 5.10. The lowest BCUT2D eigenvalue weighted by atomic mass is 9.71. The smallest absolute Gasteiger partial charge is 0.163 e. The van der Waals surface area contributed by atoms with Gasteiger partial charge in [0.1, 0.15) is 17.5 Å². The van der Waals surface area contributed by atoms with Gasteiger partial charge in [-0.15, -0.1) is 0 Å². The number of hydrogen-bond acceptors (Lipinski definition) is 8. The topological polar surface area (TPSA) is 120 Å². The van der Waals surface area contributed by atoms with Gasteiger partial charge in [0.15, 0.2) is 11.5 Å². The average Bonchev–Trinajstić information content (AvgIpc) is 2.81. The van der Waals surface area contributed by atoms with Gasteiger partial charge in [-0.2, -0.15) is 5.26 Å². The van der Waals surface area contributed by atoms with Crippen molar-refractivity contribution in [2.45, 2.75) is 63.8 Å². The van der Waals surface area contributed by atoms with E-state index in [1.54, 1.807) is 13.8 Å². The highest BCUT2D eigenvalue weighted by atomic mass is 16.5. The third kappa shape index (κ3) is 2.75. The summed E-state index contributed by atoms with van der Waals surface area (Å²) in [6, 6.07) is 2.74. The van der Waals surface area contributed by atoms with Crippen LogP contribution in [0.15, 0.2) is 6.07 Å². The molecular weight excluding hydrogens is 434 g/mol. The van der Waals surface area contributed by atoms with E-state index in [0.29, 0.717) is 40.8 Å². The fourth-order valence-electron chi connectivity index (χ4n) is 6.87. The summed E-state index contributed by atoms with van der Waals surface area (Å²) in [7, 11) is 3.51. The third-order valence-electron chi connectivity index (χ3n) is 8.38. The van der Waals surface area contributed by atoms with Crippen molar-refractivity contribution in [1.29, 1.82) is 5.26 Å². The van der Waals surface area contributed by atoms with Crippen molar-refractivity contribution in [2.24, 2.45) is 0 Å². The fourth-order valence-corrected chi connectivity index (χ4v) is 6.87. The highest BCUT2D eigenvalue weighted by Gasteiger charge is 2.55. The molecule has 2 bridgehead atoms. The van der Waals surface area contributed by atoms with Gasteiger partial charge in [-0.3, -0.25) is 9.80 Å². The maximum atomic E-state index is 11.3. The molecule has 0 amide bonds.